The fourth-order valence-electron chi connectivity index (χ4n) is 4.64. The summed E-state index contributed by atoms with van der Waals surface area (Å²) in [6.07, 6.45) is 6.08. The number of nitrogens with zero attached hydrogens (tertiary/aromatic N) is 2. The Kier molecular flexibility index (Phi) is 5.52. The lowest BCUT2D eigenvalue weighted by atomic mass is 9.72. The minimum Gasteiger partial charge on any atom is -0.493 e. The summed E-state index contributed by atoms with van der Waals surface area (Å²) in [6.45, 7) is 7.87. The maximum Gasteiger partial charge on any atom is 0.339 e. The number of esters is 1. The Balaban J connectivity index is 1.62. The number of benzene rings is 1. The van der Waals surface area contributed by atoms with Gasteiger partial charge in [0.05, 0.1) is 18.1 Å². The number of hydrogen-bond acceptors (Lipinski definition) is 6. The fourth-order valence-corrected chi connectivity index (χ4v) is 4.64. The van der Waals surface area contributed by atoms with Gasteiger partial charge in [0.15, 0.2) is 11.5 Å². The molecule has 1 aromatic carbocycles. The molecule has 4 rings (SSSR count). The van der Waals surface area contributed by atoms with Gasteiger partial charge in [-0.1, -0.05) is 12.1 Å². The molecule has 0 fully saturated rings. The molecule has 3 atom stereocenters. The van der Waals surface area contributed by atoms with Crippen LogP contribution >= 0.6 is 0 Å². The van der Waals surface area contributed by atoms with Crippen LogP contribution in [-0.4, -0.2) is 48.8 Å². The zero-order valence-corrected chi connectivity index (χ0v) is 17.8. The Morgan fingerprint density at radius 3 is 3.00 bits per heavy atom. The van der Waals surface area contributed by atoms with Crippen molar-refractivity contribution < 1.29 is 19.0 Å². The number of hydrogen-bond donors (Lipinski definition) is 0. The third-order valence-electron chi connectivity index (χ3n) is 6.19. The molecule has 0 saturated carbocycles. The predicted molar refractivity (Wildman–Crippen MR) is 114 cm³/mol. The van der Waals surface area contributed by atoms with Crippen molar-refractivity contribution in [2.24, 2.45) is 0 Å². The second kappa shape index (κ2) is 8.11. The molecule has 0 spiro atoms. The molecule has 3 heterocycles. The molecule has 2 aliphatic rings. The van der Waals surface area contributed by atoms with Crippen LogP contribution in [0, 0.1) is 0 Å². The molecule has 1 aromatic heterocycles. The van der Waals surface area contributed by atoms with E-state index in [2.05, 4.69) is 29.6 Å². The van der Waals surface area contributed by atoms with Crippen molar-refractivity contribution in [3.05, 3.63) is 66.0 Å². The van der Waals surface area contributed by atoms with Crippen molar-refractivity contribution in [1.82, 2.24) is 9.88 Å². The van der Waals surface area contributed by atoms with Crippen LogP contribution < -0.4 is 9.47 Å². The summed E-state index contributed by atoms with van der Waals surface area (Å²) in [4.78, 5) is 18.8. The molecule has 6 nitrogen and oxygen atoms in total. The number of pyridine rings is 1. The first-order valence-corrected chi connectivity index (χ1v) is 10.3. The topological polar surface area (TPSA) is 60.9 Å². The molecule has 0 saturated heterocycles. The van der Waals surface area contributed by atoms with Gasteiger partial charge in [0.2, 0.25) is 0 Å². The first-order valence-electron chi connectivity index (χ1n) is 10.3. The smallest absolute Gasteiger partial charge is 0.339 e. The van der Waals surface area contributed by atoms with Crippen molar-refractivity contribution in [2.75, 3.05) is 20.7 Å². The van der Waals surface area contributed by atoms with E-state index in [4.69, 9.17) is 14.2 Å². The maximum absolute atomic E-state index is 12.5. The Hall–Kier alpha value is -2.86. The molecule has 2 aliphatic heterocycles. The number of methoxy groups -OCH3 is 1. The normalized spacial score (nSPS) is 23.6. The Labute approximate surface area is 177 Å². The van der Waals surface area contributed by atoms with E-state index in [0.717, 1.165) is 36.6 Å². The van der Waals surface area contributed by atoms with Crippen molar-refractivity contribution in [3.8, 4) is 11.5 Å². The number of carbonyl (C=O) groups excluding carboxylic acids is 1. The number of carbonyl (C=O) groups is 1. The first-order chi connectivity index (χ1) is 14.5. The van der Waals surface area contributed by atoms with E-state index >= 15 is 0 Å². The van der Waals surface area contributed by atoms with Gasteiger partial charge >= 0.3 is 5.97 Å². The molecule has 6 heteroatoms. The van der Waals surface area contributed by atoms with E-state index in [1.807, 2.05) is 19.1 Å². The highest BCUT2D eigenvalue weighted by atomic mass is 16.6. The monoisotopic (exact) mass is 408 g/mol. The molecule has 0 amide bonds. The zero-order chi connectivity index (χ0) is 21.3. The summed E-state index contributed by atoms with van der Waals surface area (Å²) in [5, 5.41) is 0. The molecule has 2 aromatic rings. The summed E-state index contributed by atoms with van der Waals surface area (Å²) in [5.74, 6) is 1.14. The highest BCUT2D eigenvalue weighted by molar-refractivity contribution is 5.89. The standard InChI is InChI=1S/C24H28N2O4/c1-5-24-10-12-26(3)15-18-8-9-19(28-4)22(21(18)24)30-20(24)13-16(2)29-23(27)17-7-6-11-25-14-17/h5-9,11,14,16,20H,1,10,12-13,15H2,2-4H3/t16-,20-,24-/m0/s1. The second-order valence-electron chi connectivity index (χ2n) is 8.16. The second-order valence-corrected chi connectivity index (χ2v) is 8.16. The SMILES string of the molecule is C=C[C@@]12CCN(C)Cc3ccc(OC)c(c31)O[C@H]2C[C@H](C)OC(=O)c1cccnc1. The van der Waals surface area contributed by atoms with Gasteiger partial charge in [0.1, 0.15) is 12.2 Å². The van der Waals surface area contributed by atoms with Crippen LogP contribution in [0.5, 0.6) is 11.5 Å². The summed E-state index contributed by atoms with van der Waals surface area (Å²) < 4.78 is 17.8. The first kappa shape index (κ1) is 20.4. The minimum absolute atomic E-state index is 0.191. The van der Waals surface area contributed by atoms with E-state index in [1.165, 1.54) is 11.8 Å². The van der Waals surface area contributed by atoms with Gasteiger partial charge in [0.25, 0.3) is 0 Å². The van der Waals surface area contributed by atoms with E-state index in [0.29, 0.717) is 12.0 Å². The molecule has 158 valence electrons. The summed E-state index contributed by atoms with van der Waals surface area (Å²) in [5.41, 5.74) is 2.49. The minimum atomic E-state index is -0.377. The van der Waals surface area contributed by atoms with Crippen LogP contribution in [0.1, 0.15) is 41.3 Å². The Bertz CT molecular complexity index is 946. The van der Waals surface area contributed by atoms with Crippen LogP contribution in [0.3, 0.4) is 0 Å². The third-order valence-corrected chi connectivity index (χ3v) is 6.19. The van der Waals surface area contributed by atoms with Gasteiger partial charge < -0.3 is 19.1 Å². The molecule has 0 bridgehead atoms. The molecule has 0 aliphatic carbocycles. The maximum atomic E-state index is 12.5. The van der Waals surface area contributed by atoms with Crippen LogP contribution in [-0.2, 0) is 16.7 Å². The number of ether oxygens (including phenoxy) is 3. The lowest BCUT2D eigenvalue weighted by molar-refractivity contribution is 0.0186. The van der Waals surface area contributed by atoms with Crippen LogP contribution in [0.15, 0.2) is 49.3 Å². The van der Waals surface area contributed by atoms with Crippen molar-refractivity contribution in [1.29, 1.82) is 0 Å². The van der Waals surface area contributed by atoms with Crippen LogP contribution in [0.4, 0.5) is 0 Å². The average molecular weight is 408 g/mol. The Morgan fingerprint density at radius 1 is 1.47 bits per heavy atom. The Morgan fingerprint density at radius 2 is 2.30 bits per heavy atom. The largest absolute Gasteiger partial charge is 0.493 e. The van der Waals surface area contributed by atoms with Gasteiger partial charge in [-0.05, 0) is 50.7 Å². The van der Waals surface area contributed by atoms with Gasteiger partial charge in [-0.25, -0.2) is 4.79 Å². The molecular weight excluding hydrogens is 380 g/mol. The van der Waals surface area contributed by atoms with Crippen molar-refractivity contribution in [2.45, 2.75) is 43.9 Å². The van der Waals surface area contributed by atoms with E-state index in [1.54, 1.807) is 25.4 Å². The summed E-state index contributed by atoms with van der Waals surface area (Å²) in [7, 11) is 3.79. The van der Waals surface area contributed by atoms with Gasteiger partial charge in [0, 0.05) is 30.9 Å². The van der Waals surface area contributed by atoms with E-state index in [-0.39, 0.29) is 23.6 Å². The highest BCUT2D eigenvalue weighted by Crippen LogP contribution is 2.54. The van der Waals surface area contributed by atoms with Gasteiger partial charge in [-0.3, -0.25) is 4.98 Å². The lowest BCUT2D eigenvalue weighted by Gasteiger charge is -2.32. The zero-order valence-electron chi connectivity index (χ0n) is 17.8. The van der Waals surface area contributed by atoms with Crippen molar-refractivity contribution >= 4 is 5.97 Å². The molecule has 30 heavy (non-hydrogen) atoms. The molecular formula is C24H28N2O4. The van der Waals surface area contributed by atoms with Gasteiger partial charge in [-0.15, -0.1) is 6.58 Å². The predicted octanol–water partition coefficient (Wildman–Crippen LogP) is 3.75. The number of rotatable bonds is 6. The lowest BCUT2D eigenvalue weighted by Crippen LogP contribution is -2.40. The van der Waals surface area contributed by atoms with E-state index in [9.17, 15) is 4.79 Å². The average Bonchev–Trinajstić information content (AvgIpc) is 2.98. The molecule has 0 N–H and O–H groups in total. The third kappa shape index (κ3) is 3.45. The number of aromatic nitrogens is 1. The van der Waals surface area contributed by atoms with E-state index < -0.39 is 0 Å². The van der Waals surface area contributed by atoms with Crippen LogP contribution in [0.2, 0.25) is 0 Å². The summed E-state index contributed by atoms with van der Waals surface area (Å²) >= 11 is 0. The van der Waals surface area contributed by atoms with Crippen molar-refractivity contribution in [3.63, 3.8) is 0 Å². The highest BCUT2D eigenvalue weighted by Gasteiger charge is 2.51. The molecule has 0 unspecified atom stereocenters. The van der Waals surface area contributed by atoms with Crippen LogP contribution in [0.25, 0.3) is 0 Å². The summed E-state index contributed by atoms with van der Waals surface area (Å²) in [6, 6.07) is 7.51. The fraction of sp³-hybridized carbons (Fsp3) is 0.417. The van der Waals surface area contributed by atoms with Gasteiger partial charge in [-0.2, -0.15) is 0 Å². The quantitative estimate of drug-likeness (QED) is 0.536. The molecule has 0 radical (unpaired) electrons.